The predicted octanol–water partition coefficient (Wildman–Crippen LogP) is 3.04. The van der Waals surface area contributed by atoms with Crippen LogP contribution >= 0.6 is 0 Å². The lowest BCUT2D eigenvalue weighted by atomic mass is 10.2. The molecule has 1 aromatic carbocycles. The molecule has 0 amide bonds. The number of carbonyl (C=O) groups excluding carboxylic acids is 2. The Labute approximate surface area is 139 Å². The average Bonchev–Trinajstić information content (AvgIpc) is 2.58. The lowest BCUT2D eigenvalue weighted by Gasteiger charge is -2.09. The zero-order valence-corrected chi connectivity index (χ0v) is 13.2. The van der Waals surface area contributed by atoms with E-state index < -0.39 is 53.2 Å². The van der Waals surface area contributed by atoms with Gasteiger partial charge in [0.1, 0.15) is 6.61 Å². The second kappa shape index (κ2) is 9.92. The Morgan fingerprint density at radius 1 is 0.760 bits per heavy atom. The molecule has 0 saturated carbocycles. The van der Waals surface area contributed by atoms with Crippen LogP contribution in [0.2, 0.25) is 0 Å². The molecule has 0 fully saturated rings. The maximum Gasteiger partial charge on any atom is 0.313 e. The summed E-state index contributed by atoms with van der Waals surface area (Å²) in [7, 11) is 0. The standard InChI is InChI=1S/C15H15F5O5/c1-2-3-8(21)24-7-6-23-5-4-9(22)25-15-13(19)11(17)10(16)12(18)14(15)20/h2-7H2,1H3. The van der Waals surface area contributed by atoms with Crippen LogP contribution in [0.3, 0.4) is 0 Å². The van der Waals surface area contributed by atoms with Crippen molar-refractivity contribution < 1.29 is 45.8 Å². The molecule has 0 radical (unpaired) electrons. The number of rotatable bonds is 9. The van der Waals surface area contributed by atoms with E-state index in [-0.39, 0.29) is 26.2 Å². The Kier molecular flexibility index (Phi) is 8.26. The monoisotopic (exact) mass is 370 g/mol. The van der Waals surface area contributed by atoms with Crippen molar-refractivity contribution in [1.82, 2.24) is 0 Å². The largest absolute Gasteiger partial charge is 0.463 e. The average molecular weight is 370 g/mol. The van der Waals surface area contributed by atoms with Crippen molar-refractivity contribution in [2.24, 2.45) is 0 Å². The Hall–Kier alpha value is -2.23. The highest BCUT2D eigenvalue weighted by Crippen LogP contribution is 2.29. The van der Waals surface area contributed by atoms with Crippen molar-refractivity contribution in [1.29, 1.82) is 0 Å². The molecule has 0 aliphatic heterocycles. The number of carbonyl (C=O) groups is 2. The van der Waals surface area contributed by atoms with Crippen LogP contribution in [0.15, 0.2) is 0 Å². The number of hydrogen-bond acceptors (Lipinski definition) is 5. The van der Waals surface area contributed by atoms with E-state index in [9.17, 15) is 31.5 Å². The summed E-state index contributed by atoms with van der Waals surface area (Å²) in [5.74, 6) is -14.6. The van der Waals surface area contributed by atoms with E-state index in [0.29, 0.717) is 6.42 Å². The van der Waals surface area contributed by atoms with Crippen molar-refractivity contribution in [2.75, 3.05) is 19.8 Å². The predicted molar refractivity (Wildman–Crippen MR) is 73.2 cm³/mol. The molecule has 0 bridgehead atoms. The third kappa shape index (κ3) is 5.96. The molecule has 0 spiro atoms. The molecule has 1 rings (SSSR count). The molecule has 10 heteroatoms. The van der Waals surface area contributed by atoms with Gasteiger partial charge >= 0.3 is 11.9 Å². The molecule has 0 atom stereocenters. The van der Waals surface area contributed by atoms with Crippen molar-refractivity contribution in [2.45, 2.75) is 26.2 Å². The van der Waals surface area contributed by atoms with Crippen molar-refractivity contribution in [3.63, 3.8) is 0 Å². The maximum absolute atomic E-state index is 13.3. The van der Waals surface area contributed by atoms with Crippen LogP contribution in [0.1, 0.15) is 26.2 Å². The SMILES string of the molecule is CCCC(=O)OCCOCCC(=O)Oc1c(F)c(F)c(F)c(F)c1F. The first-order valence-electron chi connectivity index (χ1n) is 7.25. The van der Waals surface area contributed by atoms with Crippen molar-refractivity contribution in [3.8, 4) is 5.75 Å². The molecule has 1 aromatic rings. The number of ether oxygens (including phenoxy) is 3. The summed E-state index contributed by atoms with van der Waals surface area (Å²) in [4.78, 5) is 22.4. The topological polar surface area (TPSA) is 61.8 Å². The Morgan fingerprint density at radius 3 is 1.88 bits per heavy atom. The minimum Gasteiger partial charge on any atom is -0.463 e. The van der Waals surface area contributed by atoms with Crippen molar-refractivity contribution in [3.05, 3.63) is 29.1 Å². The molecule has 0 saturated heterocycles. The van der Waals surface area contributed by atoms with Crippen LogP contribution in [0, 0.1) is 29.1 Å². The lowest BCUT2D eigenvalue weighted by molar-refractivity contribution is -0.146. The zero-order valence-electron chi connectivity index (χ0n) is 13.2. The van der Waals surface area contributed by atoms with Gasteiger partial charge in [-0.15, -0.1) is 0 Å². The summed E-state index contributed by atoms with van der Waals surface area (Å²) in [5, 5.41) is 0. The van der Waals surface area contributed by atoms with Gasteiger partial charge in [-0.1, -0.05) is 6.92 Å². The maximum atomic E-state index is 13.3. The molecule has 0 aromatic heterocycles. The Bertz CT molecular complexity index is 606. The van der Waals surface area contributed by atoms with Crippen LogP contribution in [0.4, 0.5) is 22.0 Å². The van der Waals surface area contributed by atoms with E-state index in [0.717, 1.165) is 0 Å². The summed E-state index contributed by atoms with van der Waals surface area (Å²) in [6, 6.07) is 0. The number of esters is 2. The summed E-state index contributed by atoms with van der Waals surface area (Å²) in [6.07, 6.45) is 0.375. The first-order valence-corrected chi connectivity index (χ1v) is 7.25. The van der Waals surface area contributed by atoms with Gasteiger partial charge in [0.2, 0.25) is 34.8 Å². The van der Waals surface area contributed by atoms with Gasteiger partial charge in [0.15, 0.2) is 0 Å². The fraction of sp³-hybridized carbons (Fsp3) is 0.467. The van der Waals surface area contributed by atoms with Gasteiger partial charge in [-0.25, -0.2) is 13.2 Å². The second-order valence-electron chi connectivity index (χ2n) is 4.71. The van der Waals surface area contributed by atoms with Gasteiger partial charge < -0.3 is 14.2 Å². The van der Waals surface area contributed by atoms with Crippen LogP contribution in [-0.4, -0.2) is 31.8 Å². The van der Waals surface area contributed by atoms with E-state index in [1.807, 2.05) is 0 Å². The van der Waals surface area contributed by atoms with E-state index in [1.54, 1.807) is 6.92 Å². The first-order chi connectivity index (χ1) is 11.8. The Balaban J connectivity index is 2.42. The second-order valence-corrected chi connectivity index (χ2v) is 4.71. The minimum absolute atomic E-state index is 0.0364. The minimum atomic E-state index is -2.35. The van der Waals surface area contributed by atoms with Crippen molar-refractivity contribution >= 4 is 11.9 Å². The third-order valence-corrected chi connectivity index (χ3v) is 2.78. The molecule has 0 N–H and O–H groups in total. The summed E-state index contributed by atoms with van der Waals surface area (Å²) < 4.78 is 79.2. The van der Waals surface area contributed by atoms with E-state index in [4.69, 9.17) is 9.47 Å². The van der Waals surface area contributed by atoms with E-state index >= 15 is 0 Å². The summed E-state index contributed by atoms with van der Waals surface area (Å²) >= 11 is 0. The molecular weight excluding hydrogens is 355 g/mol. The van der Waals surface area contributed by atoms with Gasteiger partial charge in [-0.2, -0.15) is 8.78 Å². The van der Waals surface area contributed by atoms with Crippen LogP contribution in [0.5, 0.6) is 5.75 Å². The third-order valence-electron chi connectivity index (χ3n) is 2.78. The van der Waals surface area contributed by atoms with E-state index in [2.05, 4.69) is 4.74 Å². The Morgan fingerprint density at radius 2 is 1.32 bits per heavy atom. The highest BCUT2D eigenvalue weighted by Gasteiger charge is 2.28. The highest BCUT2D eigenvalue weighted by molar-refractivity contribution is 5.72. The van der Waals surface area contributed by atoms with Gasteiger partial charge in [0.25, 0.3) is 0 Å². The molecule has 0 aliphatic rings. The number of halogens is 5. The van der Waals surface area contributed by atoms with Gasteiger partial charge in [-0.05, 0) is 6.42 Å². The zero-order chi connectivity index (χ0) is 19.0. The van der Waals surface area contributed by atoms with Gasteiger partial charge in [0, 0.05) is 6.42 Å². The number of hydrogen-bond donors (Lipinski definition) is 0. The van der Waals surface area contributed by atoms with Gasteiger partial charge in [-0.3, -0.25) is 9.59 Å². The quantitative estimate of drug-likeness (QED) is 0.167. The van der Waals surface area contributed by atoms with Crippen LogP contribution in [0.25, 0.3) is 0 Å². The van der Waals surface area contributed by atoms with Gasteiger partial charge in [0.05, 0.1) is 19.6 Å². The molecule has 0 heterocycles. The smallest absolute Gasteiger partial charge is 0.313 e. The molecule has 5 nitrogen and oxygen atoms in total. The molecule has 140 valence electrons. The first kappa shape index (κ1) is 20.8. The normalized spacial score (nSPS) is 10.6. The fourth-order valence-electron chi connectivity index (χ4n) is 1.59. The molecule has 0 aliphatic carbocycles. The van der Waals surface area contributed by atoms with Crippen LogP contribution in [-0.2, 0) is 19.1 Å². The number of benzene rings is 1. The van der Waals surface area contributed by atoms with Crippen LogP contribution < -0.4 is 4.74 Å². The highest BCUT2D eigenvalue weighted by atomic mass is 19.2. The molecule has 25 heavy (non-hydrogen) atoms. The summed E-state index contributed by atoms with van der Waals surface area (Å²) in [6.45, 7) is 1.45. The summed E-state index contributed by atoms with van der Waals surface area (Å²) in [5.41, 5.74) is 0. The molecular formula is C15H15F5O5. The van der Waals surface area contributed by atoms with E-state index in [1.165, 1.54) is 0 Å². The fourth-order valence-corrected chi connectivity index (χ4v) is 1.59. The molecule has 0 unspecified atom stereocenters. The lowest BCUT2D eigenvalue weighted by Crippen LogP contribution is -2.16.